The highest BCUT2D eigenvalue weighted by atomic mass is 79.9. The maximum atomic E-state index is 13.7. The molecule has 9 nitrogen and oxygen atoms in total. The minimum absolute atomic E-state index is 0.0924. The normalized spacial score (nSPS) is 12.9. The predicted molar refractivity (Wildman–Crippen MR) is 151 cm³/mol. The van der Waals surface area contributed by atoms with E-state index in [1.807, 2.05) is 36.4 Å². The summed E-state index contributed by atoms with van der Waals surface area (Å²) in [5.74, 6) is -0.638. The van der Waals surface area contributed by atoms with Crippen molar-refractivity contribution in [2.24, 2.45) is 0 Å². The molecule has 2 N–H and O–H groups in total. The van der Waals surface area contributed by atoms with E-state index in [9.17, 15) is 14.4 Å². The lowest BCUT2D eigenvalue weighted by molar-refractivity contribution is 0.0706. The lowest BCUT2D eigenvalue weighted by Gasteiger charge is -2.28. The summed E-state index contributed by atoms with van der Waals surface area (Å²) in [5.41, 5.74) is 2.95. The first kappa shape index (κ1) is 25.1. The van der Waals surface area contributed by atoms with Crippen LogP contribution in [0.4, 0.5) is 0 Å². The SMILES string of the molecule is O=C(NCc1ccccc1)c1c2n(c(=O)n1-c1ccc3cn[nH]c3c1)CCN(C(=O)c1ccc(Br)c(Cl)c1)C2. The molecule has 0 saturated carbocycles. The van der Waals surface area contributed by atoms with Crippen LogP contribution in [0.15, 0.2) is 82.2 Å². The minimum atomic E-state index is -0.407. The average molecular weight is 606 g/mol. The van der Waals surface area contributed by atoms with Crippen molar-refractivity contribution in [1.29, 1.82) is 0 Å². The fourth-order valence-electron chi connectivity index (χ4n) is 4.84. The molecule has 39 heavy (non-hydrogen) atoms. The molecular formula is C28H22BrClN6O3. The number of nitrogens with one attached hydrogen (secondary N) is 2. The molecule has 11 heteroatoms. The first-order valence-electron chi connectivity index (χ1n) is 12.2. The zero-order valence-electron chi connectivity index (χ0n) is 20.5. The Morgan fingerprint density at radius 1 is 1.05 bits per heavy atom. The van der Waals surface area contributed by atoms with Gasteiger partial charge in [0, 0.05) is 35.1 Å². The smallest absolute Gasteiger partial charge is 0.333 e. The number of hydrogen-bond acceptors (Lipinski definition) is 4. The van der Waals surface area contributed by atoms with E-state index in [0.29, 0.717) is 33.0 Å². The summed E-state index contributed by atoms with van der Waals surface area (Å²) in [7, 11) is 0. The number of aromatic amines is 1. The number of amides is 2. The van der Waals surface area contributed by atoms with Gasteiger partial charge in [0.25, 0.3) is 11.8 Å². The molecule has 0 unspecified atom stereocenters. The molecule has 1 aliphatic heterocycles. The average Bonchev–Trinajstić information content (AvgIpc) is 3.54. The van der Waals surface area contributed by atoms with Crippen LogP contribution in [0.25, 0.3) is 16.6 Å². The van der Waals surface area contributed by atoms with Crippen LogP contribution in [0, 0.1) is 0 Å². The van der Waals surface area contributed by atoms with Crippen LogP contribution in [0.2, 0.25) is 5.02 Å². The summed E-state index contributed by atoms with van der Waals surface area (Å²) < 4.78 is 3.68. The van der Waals surface area contributed by atoms with Crippen molar-refractivity contribution >= 4 is 50.2 Å². The zero-order valence-corrected chi connectivity index (χ0v) is 22.9. The van der Waals surface area contributed by atoms with Crippen molar-refractivity contribution < 1.29 is 9.59 Å². The van der Waals surface area contributed by atoms with Gasteiger partial charge in [0.2, 0.25) is 0 Å². The minimum Gasteiger partial charge on any atom is -0.347 e. The molecule has 3 heterocycles. The Kier molecular flexibility index (Phi) is 6.58. The predicted octanol–water partition coefficient (Wildman–Crippen LogP) is 4.52. The number of halogens is 2. The van der Waals surface area contributed by atoms with Crippen molar-refractivity contribution in [2.75, 3.05) is 6.54 Å². The molecule has 5 aromatic rings. The first-order chi connectivity index (χ1) is 18.9. The number of imidazole rings is 1. The highest BCUT2D eigenvalue weighted by Gasteiger charge is 2.32. The lowest BCUT2D eigenvalue weighted by Crippen LogP contribution is -2.41. The van der Waals surface area contributed by atoms with E-state index < -0.39 is 5.91 Å². The number of nitrogens with zero attached hydrogens (tertiary/aromatic N) is 4. The molecule has 2 aromatic heterocycles. The van der Waals surface area contributed by atoms with Gasteiger partial charge in [-0.25, -0.2) is 4.79 Å². The third kappa shape index (κ3) is 4.66. The lowest BCUT2D eigenvalue weighted by atomic mass is 10.1. The summed E-state index contributed by atoms with van der Waals surface area (Å²) in [6, 6.07) is 20.0. The Morgan fingerprint density at radius 3 is 2.67 bits per heavy atom. The van der Waals surface area contributed by atoms with Gasteiger partial charge in [0.15, 0.2) is 0 Å². The maximum absolute atomic E-state index is 13.7. The van der Waals surface area contributed by atoms with Crippen molar-refractivity contribution in [3.8, 4) is 5.69 Å². The maximum Gasteiger partial charge on any atom is 0.333 e. The summed E-state index contributed by atoms with van der Waals surface area (Å²) in [6.45, 7) is 0.948. The number of hydrogen-bond donors (Lipinski definition) is 2. The van der Waals surface area contributed by atoms with Gasteiger partial charge < -0.3 is 10.2 Å². The zero-order chi connectivity index (χ0) is 27.1. The molecule has 0 radical (unpaired) electrons. The van der Waals surface area contributed by atoms with Crippen LogP contribution in [0.5, 0.6) is 0 Å². The third-order valence-corrected chi connectivity index (χ3v) is 8.06. The largest absolute Gasteiger partial charge is 0.347 e. The highest BCUT2D eigenvalue weighted by Crippen LogP contribution is 2.26. The number of rotatable bonds is 5. The first-order valence-corrected chi connectivity index (χ1v) is 13.4. The highest BCUT2D eigenvalue weighted by molar-refractivity contribution is 9.10. The van der Waals surface area contributed by atoms with Crippen LogP contribution in [0.1, 0.15) is 32.1 Å². The number of aromatic nitrogens is 4. The molecule has 0 fully saturated rings. The Bertz CT molecular complexity index is 1790. The fraction of sp³-hybridized carbons (Fsp3) is 0.143. The standard InChI is InChI=1S/C28H22BrClN6O3/c29-21-9-7-18(12-22(21)30)27(38)34-10-11-35-24(16-34)25(26(37)31-14-17-4-2-1-3-5-17)36(28(35)39)20-8-6-19-15-32-33-23(19)13-20/h1-9,12-13,15H,10-11,14,16H2,(H,31,37)(H,32,33). The van der Waals surface area contributed by atoms with Gasteiger partial charge in [-0.3, -0.25) is 23.8 Å². The van der Waals surface area contributed by atoms with E-state index in [4.69, 9.17) is 11.6 Å². The number of carbonyl (C=O) groups excluding carboxylic acids is 2. The molecule has 0 saturated heterocycles. The number of fused-ring (bicyclic) bond motifs is 2. The van der Waals surface area contributed by atoms with Gasteiger partial charge in [-0.15, -0.1) is 0 Å². The van der Waals surface area contributed by atoms with Gasteiger partial charge in [-0.1, -0.05) is 41.9 Å². The van der Waals surface area contributed by atoms with Crippen LogP contribution in [-0.4, -0.2) is 42.6 Å². The van der Waals surface area contributed by atoms with Crippen LogP contribution in [-0.2, 0) is 19.6 Å². The van der Waals surface area contributed by atoms with E-state index >= 15 is 0 Å². The molecule has 0 aliphatic carbocycles. The van der Waals surface area contributed by atoms with Crippen molar-refractivity contribution in [3.63, 3.8) is 0 Å². The summed E-state index contributed by atoms with van der Waals surface area (Å²) in [5, 5.41) is 11.2. The van der Waals surface area contributed by atoms with Crippen LogP contribution < -0.4 is 11.0 Å². The van der Waals surface area contributed by atoms with E-state index in [2.05, 4.69) is 31.4 Å². The van der Waals surface area contributed by atoms with Gasteiger partial charge in [0.05, 0.1) is 34.7 Å². The Morgan fingerprint density at radius 2 is 1.87 bits per heavy atom. The van der Waals surface area contributed by atoms with Crippen LogP contribution in [0.3, 0.4) is 0 Å². The van der Waals surface area contributed by atoms with Crippen molar-refractivity contribution in [3.05, 3.63) is 115 Å². The summed E-state index contributed by atoms with van der Waals surface area (Å²) in [6.07, 6.45) is 1.69. The molecule has 2 amide bonds. The molecule has 196 valence electrons. The number of carbonyl (C=O) groups is 2. The Balaban J connectivity index is 1.41. The molecule has 3 aromatic carbocycles. The van der Waals surface area contributed by atoms with E-state index in [1.165, 1.54) is 4.57 Å². The van der Waals surface area contributed by atoms with Crippen molar-refractivity contribution in [2.45, 2.75) is 19.6 Å². The van der Waals surface area contributed by atoms with Gasteiger partial charge >= 0.3 is 5.69 Å². The third-order valence-electron chi connectivity index (χ3n) is 6.83. The summed E-state index contributed by atoms with van der Waals surface area (Å²) >= 11 is 9.58. The monoisotopic (exact) mass is 604 g/mol. The molecule has 6 rings (SSSR count). The Labute approximate surface area is 236 Å². The quantitative estimate of drug-likeness (QED) is 0.307. The molecular weight excluding hydrogens is 584 g/mol. The van der Waals surface area contributed by atoms with Gasteiger partial charge in [0.1, 0.15) is 5.69 Å². The van der Waals surface area contributed by atoms with Gasteiger partial charge in [-0.05, 0) is 57.9 Å². The second-order valence-corrected chi connectivity index (χ2v) is 10.5. The van der Waals surface area contributed by atoms with Crippen molar-refractivity contribution in [1.82, 2.24) is 29.5 Å². The van der Waals surface area contributed by atoms with E-state index in [0.717, 1.165) is 16.5 Å². The molecule has 0 bridgehead atoms. The topological polar surface area (TPSA) is 105 Å². The number of benzene rings is 3. The van der Waals surface area contributed by atoms with E-state index in [-0.39, 0.29) is 36.9 Å². The number of H-pyrrole nitrogens is 1. The summed E-state index contributed by atoms with van der Waals surface area (Å²) in [4.78, 5) is 42.4. The second kappa shape index (κ2) is 10.2. The fourth-order valence-corrected chi connectivity index (χ4v) is 5.27. The van der Waals surface area contributed by atoms with Crippen LogP contribution >= 0.6 is 27.5 Å². The second-order valence-electron chi connectivity index (χ2n) is 9.23. The Hall–Kier alpha value is -4.15. The van der Waals surface area contributed by atoms with Gasteiger partial charge in [-0.2, -0.15) is 5.10 Å². The molecule has 0 atom stereocenters. The van der Waals surface area contributed by atoms with E-state index in [1.54, 1.807) is 46.0 Å². The molecule has 0 spiro atoms. The molecule has 1 aliphatic rings.